The van der Waals surface area contributed by atoms with E-state index in [1.165, 1.54) is 5.56 Å². The highest BCUT2D eigenvalue weighted by atomic mass is 35.5. The molecule has 1 atom stereocenters. The average molecular weight is 357 g/mol. The molecule has 130 valence electrons. The number of rotatable bonds is 3. The van der Waals surface area contributed by atoms with Gasteiger partial charge in [-0.25, -0.2) is 0 Å². The van der Waals surface area contributed by atoms with Gasteiger partial charge in [0.15, 0.2) is 0 Å². The number of anilines is 2. The maximum atomic E-state index is 12.6. The maximum absolute atomic E-state index is 12.6. The molecular formula is C20H21ClN2O2. The van der Waals surface area contributed by atoms with Crippen molar-refractivity contribution in [3.05, 3.63) is 58.1 Å². The number of carbonyl (C=O) groups is 2. The minimum Gasteiger partial charge on any atom is -0.326 e. The summed E-state index contributed by atoms with van der Waals surface area (Å²) >= 11 is 6.16. The predicted octanol–water partition coefficient (Wildman–Crippen LogP) is 4.26. The molecule has 2 aromatic rings. The number of nitrogens with one attached hydrogen (secondary N) is 1. The van der Waals surface area contributed by atoms with Crippen molar-refractivity contribution in [2.45, 2.75) is 27.2 Å². The molecule has 0 bridgehead atoms. The number of carbonyl (C=O) groups excluding carboxylic acids is 2. The number of nitrogens with zero attached hydrogens (tertiary/aromatic N) is 1. The van der Waals surface area contributed by atoms with E-state index in [0.29, 0.717) is 11.6 Å². The summed E-state index contributed by atoms with van der Waals surface area (Å²) in [4.78, 5) is 26.6. The van der Waals surface area contributed by atoms with E-state index >= 15 is 0 Å². The molecule has 1 heterocycles. The highest BCUT2D eigenvalue weighted by Crippen LogP contribution is 2.31. The summed E-state index contributed by atoms with van der Waals surface area (Å²) in [5.74, 6) is -0.545. The van der Waals surface area contributed by atoms with Crippen LogP contribution in [-0.2, 0) is 9.59 Å². The SMILES string of the molecule is Cc1ccc(NC(=O)[C@@H]2CC(=O)N(c3cccc(Cl)c3C)C2)cc1C. The van der Waals surface area contributed by atoms with Gasteiger partial charge in [-0.3, -0.25) is 9.59 Å². The van der Waals surface area contributed by atoms with Crippen LogP contribution in [0.15, 0.2) is 36.4 Å². The molecule has 1 saturated heterocycles. The highest BCUT2D eigenvalue weighted by molar-refractivity contribution is 6.31. The summed E-state index contributed by atoms with van der Waals surface area (Å²) in [7, 11) is 0. The van der Waals surface area contributed by atoms with Crippen LogP contribution >= 0.6 is 11.6 Å². The van der Waals surface area contributed by atoms with Crippen LogP contribution in [0.5, 0.6) is 0 Å². The Bertz CT molecular complexity index is 848. The van der Waals surface area contributed by atoms with Crippen molar-refractivity contribution < 1.29 is 9.59 Å². The monoisotopic (exact) mass is 356 g/mol. The van der Waals surface area contributed by atoms with Crippen molar-refractivity contribution in [1.29, 1.82) is 0 Å². The number of hydrogen-bond donors (Lipinski definition) is 1. The quantitative estimate of drug-likeness (QED) is 0.893. The second-order valence-corrected chi connectivity index (χ2v) is 6.98. The lowest BCUT2D eigenvalue weighted by Gasteiger charge is -2.19. The van der Waals surface area contributed by atoms with Crippen molar-refractivity contribution in [1.82, 2.24) is 0 Å². The molecule has 25 heavy (non-hydrogen) atoms. The zero-order valence-corrected chi connectivity index (χ0v) is 15.4. The Hall–Kier alpha value is -2.33. The summed E-state index contributed by atoms with van der Waals surface area (Å²) in [6.07, 6.45) is 0.211. The Morgan fingerprint density at radius 3 is 2.64 bits per heavy atom. The fourth-order valence-corrected chi connectivity index (χ4v) is 3.24. The number of aryl methyl sites for hydroxylation is 2. The van der Waals surface area contributed by atoms with Crippen molar-refractivity contribution in [3.63, 3.8) is 0 Å². The Labute approximate surface area is 152 Å². The van der Waals surface area contributed by atoms with Gasteiger partial charge in [-0.15, -0.1) is 0 Å². The van der Waals surface area contributed by atoms with Crippen LogP contribution in [0.4, 0.5) is 11.4 Å². The molecule has 0 aromatic heterocycles. The van der Waals surface area contributed by atoms with E-state index in [0.717, 1.165) is 22.5 Å². The van der Waals surface area contributed by atoms with Gasteiger partial charge in [-0.2, -0.15) is 0 Å². The molecule has 0 radical (unpaired) electrons. The molecule has 1 fully saturated rings. The van der Waals surface area contributed by atoms with Gasteiger partial charge in [0.1, 0.15) is 0 Å². The second-order valence-electron chi connectivity index (χ2n) is 6.58. The minimum atomic E-state index is -0.368. The Morgan fingerprint density at radius 2 is 1.92 bits per heavy atom. The van der Waals surface area contributed by atoms with Crippen LogP contribution in [0.1, 0.15) is 23.1 Å². The smallest absolute Gasteiger partial charge is 0.229 e. The first-order valence-electron chi connectivity index (χ1n) is 8.30. The van der Waals surface area contributed by atoms with Crippen LogP contribution in [0.2, 0.25) is 5.02 Å². The third-order valence-corrected chi connectivity index (χ3v) is 5.21. The molecule has 0 saturated carbocycles. The highest BCUT2D eigenvalue weighted by Gasteiger charge is 2.35. The first-order valence-corrected chi connectivity index (χ1v) is 8.68. The second kappa shape index (κ2) is 6.89. The van der Waals surface area contributed by atoms with E-state index in [1.807, 2.05) is 51.1 Å². The Kier molecular flexibility index (Phi) is 4.82. The van der Waals surface area contributed by atoms with Crippen molar-refractivity contribution in [2.24, 2.45) is 5.92 Å². The largest absolute Gasteiger partial charge is 0.326 e. The molecule has 0 aliphatic carbocycles. The molecule has 1 aliphatic heterocycles. The number of halogens is 1. The third kappa shape index (κ3) is 3.54. The standard InChI is InChI=1S/C20H21ClN2O2/c1-12-7-8-16(9-13(12)2)22-20(25)15-10-19(24)23(11-15)18-6-4-5-17(21)14(18)3/h4-9,15H,10-11H2,1-3H3,(H,22,25)/t15-/m1/s1. The van der Waals surface area contributed by atoms with Crippen LogP contribution in [0.3, 0.4) is 0 Å². The molecular weight excluding hydrogens is 336 g/mol. The zero-order chi connectivity index (χ0) is 18.1. The van der Waals surface area contributed by atoms with E-state index in [-0.39, 0.29) is 24.2 Å². The van der Waals surface area contributed by atoms with Gasteiger partial charge in [0.2, 0.25) is 11.8 Å². The lowest BCUT2D eigenvalue weighted by Crippen LogP contribution is -2.28. The topological polar surface area (TPSA) is 49.4 Å². The molecule has 2 aromatic carbocycles. The van der Waals surface area contributed by atoms with E-state index in [1.54, 1.807) is 11.0 Å². The Balaban J connectivity index is 1.74. The van der Waals surface area contributed by atoms with Crippen LogP contribution < -0.4 is 10.2 Å². The molecule has 0 unspecified atom stereocenters. The lowest BCUT2D eigenvalue weighted by atomic mass is 10.1. The first kappa shape index (κ1) is 17.5. The normalized spacial score (nSPS) is 17.0. The van der Waals surface area contributed by atoms with Gasteiger partial charge in [0, 0.05) is 29.4 Å². The minimum absolute atomic E-state index is 0.0504. The van der Waals surface area contributed by atoms with Gasteiger partial charge in [-0.05, 0) is 61.7 Å². The Morgan fingerprint density at radius 1 is 1.16 bits per heavy atom. The number of benzene rings is 2. The summed E-state index contributed by atoms with van der Waals surface area (Å²) in [5, 5.41) is 3.55. The molecule has 2 amide bonds. The van der Waals surface area contributed by atoms with E-state index in [9.17, 15) is 9.59 Å². The molecule has 3 rings (SSSR count). The number of hydrogen-bond acceptors (Lipinski definition) is 2. The van der Waals surface area contributed by atoms with Crippen molar-refractivity contribution in [3.8, 4) is 0 Å². The van der Waals surface area contributed by atoms with E-state index in [2.05, 4.69) is 5.32 Å². The molecule has 0 spiro atoms. The number of amides is 2. The van der Waals surface area contributed by atoms with E-state index in [4.69, 9.17) is 11.6 Å². The third-order valence-electron chi connectivity index (χ3n) is 4.80. The van der Waals surface area contributed by atoms with Gasteiger partial charge in [-0.1, -0.05) is 23.7 Å². The zero-order valence-electron chi connectivity index (χ0n) is 14.6. The fourth-order valence-electron chi connectivity index (χ4n) is 3.07. The average Bonchev–Trinajstić information content (AvgIpc) is 2.95. The van der Waals surface area contributed by atoms with Gasteiger partial charge < -0.3 is 10.2 Å². The van der Waals surface area contributed by atoms with Crippen LogP contribution in [-0.4, -0.2) is 18.4 Å². The first-order chi connectivity index (χ1) is 11.9. The summed E-state index contributed by atoms with van der Waals surface area (Å²) < 4.78 is 0. The predicted molar refractivity (Wildman–Crippen MR) is 101 cm³/mol. The van der Waals surface area contributed by atoms with Crippen LogP contribution in [0, 0.1) is 26.7 Å². The summed E-state index contributed by atoms with van der Waals surface area (Å²) in [6.45, 7) is 6.29. The summed E-state index contributed by atoms with van der Waals surface area (Å²) in [5.41, 5.74) is 4.69. The van der Waals surface area contributed by atoms with Gasteiger partial charge in [0.05, 0.1) is 5.92 Å². The maximum Gasteiger partial charge on any atom is 0.229 e. The fraction of sp³-hybridized carbons (Fsp3) is 0.300. The molecule has 1 aliphatic rings. The van der Waals surface area contributed by atoms with Crippen molar-refractivity contribution in [2.75, 3.05) is 16.8 Å². The van der Waals surface area contributed by atoms with Gasteiger partial charge in [0.25, 0.3) is 0 Å². The van der Waals surface area contributed by atoms with Crippen LogP contribution in [0.25, 0.3) is 0 Å². The summed E-state index contributed by atoms with van der Waals surface area (Å²) in [6, 6.07) is 11.3. The lowest BCUT2D eigenvalue weighted by molar-refractivity contribution is -0.122. The molecule has 5 heteroatoms. The van der Waals surface area contributed by atoms with Gasteiger partial charge >= 0.3 is 0 Å². The molecule has 1 N–H and O–H groups in total. The molecule has 4 nitrogen and oxygen atoms in total. The van der Waals surface area contributed by atoms with Crippen molar-refractivity contribution >= 4 is 34.8 Å². The van der Waals surface area contributed by atoms with E-state index < -0.39 is 0 Å².